The van der Waals surface area contributed by atoms with Gasteiger partial charge < -0.3 is 9.84 Å². The van der Waals surface area contributed by atoms with Crippen LogP contribution in [0, 0.1) is 24.0 Å². The van der Waals surface area contributed by atoms with Gasteiger partial charge in [-0.1, -0.05) is 29.3 Å². The van der Waals surface area contributed by atoms with Gasteiger partial charge in [0.1, 0.15) is 5.75 Å². The van der Waals surface area contributed by atoms with E-state index < -0.39 is 22.3 Å². The van der Waals surface area contributed by atoms with Crippen LogP contribution in [0.25, 0.3) is 0 Å². The summed E-state index contributed by atoms with van der Waals surface area (Å²) in [5.74, 6) is -0.543. The number of aromatic hydroxyl groups is 1. The largest absolute Gasteiger partial charge is 0.502 e. The topological polar surface area (TPSA) is 114 Å². The van der Waals surface area contributed by atoms with Crippen molar-refractivity contribution in [2.24, 2.45) is 5.10 Å². The van der Waals surface area contributed by atoms with Gasteiger partial charge >= 0.3 is 5.69 Å². The second kappa shape index (κ2) is 8.30. The fraction of sp³-hybridized carbons (Fsp3) is 0.176. The van der Waals surface area contributed by atoms with Gasteiger partial charge in [0.25, 0.3) is 5.91 Å². The summed E-state index contributed by atoms with van der Waals surface area (Å²) >= 11 is 5.77. The standard InChI is InChI=1S/C17H16ClN3O5/c1-10-3-4-15(11(2)5-10)26-9-16(22)20-19-8-12-6-13(18)7-14(17(12)23)21(24)25/h3-8,23H,9H2,1-2H3,(H,20,22)/b19-8-. The van der Waals surface area contributed by atoms with Crippen molar-refractivity contribution >= 4 is 29.4 Å². The molecule has 0 fully saturated rings. The fourth-order valence-electron chi connectivity index (χ4n) is 2.15. The van der Waals surface area contributed by atoms with Gasteiger partial charge in [-0.15, -0.1) is 0 Å². The number of halogens is 1. The molecule has 0 aliphatic carbocycles. The van der Waals surface area contributed by atoms with Crippen molar-refractivity contribution in [3.8, 4) is 11.5 Å². The Kier molecular flexibility index (Phi) is 6.13. The van der Waals surface area contributed by atoms with Crippen molar-refractivity contribution in [3.63, 3.8) is 0 Å². The van der Waals surface area contributed by atoms with E-state index >= 15 is 0 Å². The van der Waals surface area contributed by atoms with E-state index in [9.17, 15) is 20.0 Å². The molecule has 0 radical (unpaired) electrons. The summed E-state index contributed by atoms with van der Waals surface area (Å²) in [4.78, 5) is 21.8. The highest BCUT2D eigenvalue weighted by Crippen LogP contribution is 2.32. The number of hydrazone groups is 1. The minimum Gasteiger partial charge on any atom is -0.502 e. The molecule has 26 heavy (non-hydrogen) atoms. The Morgan fingerprint density at radius 3 is 2.77 bits per heavy atom. The van der Waals surface area contributed by atoms with Crippen molar-refractivity contribution in [1.29, 1.82) is 0 Å². The van der Waals surface area contributed by atoms with Gasteiger partial charge in [-0.25, -0.2) is 5.43 Å². The van der Waals surface area contributed by atoms with E-state index in [2.05, 4.69) is 10.5 Å². The molecule has 8 nitrogen and oxygen atoms in total. The third kappa shape index (κ3) is 4.93. The zero-order chi connectivity index (χ0) is 19.3. The summed E-state index contributed by atoms with van der Waals surface area (Å²) in [5.41, 5.74) is 3.64. The molecule has 0 bridgehead atoms. The highest BCUT2D eigenvalue weighted by atomic mass is 35.5. The smallest absolute Gasteiger partial charge is 0.312 e. The number of benzene rings is 2. The second-order valence-corrected chi connectivity index (χ2v) is 5.91. The zero-order valence-corrected chi connectivity index (χ0v) is 14.8. The molecule has 136 valence electrons. The molecule has 0 aliphatic heterocycles. The van der Waals surface area contributed by atoms with E-state index in [1.165, 1.54) is 6.07 Å². The molecular formula is C17H16ClN3O5. The predicted molar refractivity (Wildman–Crippen MR) is 96.9 cm³/mol. The first-order chi connectivity index (χ1) is 12.3. The fourth-order valence-corrected chi connectivity index (χ4v) is 2.37. The summed E-state index contributed by atoms with van der Waals surface area (Å²) in [6.45, 7) is 3.56. The number of hydrogen-bond acceptors (Lipinski definition) is 6. The molecule has 0 saturated carbocycles. The summed E-state index contributed by atoms with van der Waals surface area (Å²) in [5, 5.41) is 24.4. The third-order valence-electron chi connectivity index (χ3n) is 3.36. The van der Waals surface area contributed by atoms with E-state index in [1.807, 2.05) is 26.0 Å². The molecular weight excluding hydrogens is 362 g/mol. The lowest BCUT2D eigenvalue weighted by molar-refractivity contribution is -0.385. The number of hydrogen-bond donors (Lipinski definition) is 2. The average molecular weight is 378 g/mol. The van der Waals surface area contributed by atoms with Gasteiger partial charge in [-0.3, -0.25) is 14.9 Å². The van der Waals surface area contributed by atoms with Crippen molar-refractivity contribution in [3.05, 3.63) is 62.2 Å². The highest BCUT2D eigenvalue weighted by molar-refractivity contribution is 6.31. The number of phenols is 1. The van der Waals surface area contributed by atoms with Gasteiger partial charge in [0.05, 0.1) is 11.1 Å². The van der Waals surface area contributed by atoms with Crippen molar-refractivity contribution in [2.75, 3.05) is 6.61 Å². The van der Waals surface area contributed by atoms with Gasteiger partial charge in [0.15, 0.2) is 6.61 Å². The molecule has 0 heterocycles. The summed E-state index contributed by atoms with van der Waals surface area (Å²) in [7, 11) is 0. The van der Waals surface area contributed by atoms with Gasteiger partial charge in [0, 0.05) is 16.7 Å². The first kappa shape index (κ1) is 19.2. The Labute approximate surface area is 154 Å². The lowest BCUT2D eigenvalue weighted by Crippen LogP contribution is -2.24. The van der Waals surface area contributed by atoms with E-state index in [0.29, 0.717) is 5.75 Å². The predicted octanol–water partition coefficient (Wildman–Crippen LogP) is 3.10. The molecule has 0 atom stereocenters. The van der Waals surface area contributed by atoms with E-state index in [4.69, 9.17) is 16.3 Å². The van der Waals surface area contributed by atoms with Crippen LogP contribution in [-0.4, -0.2) is 28.8 Å². The number of phenolic OH excluding ortho intramolecular Hbond substituents is 1. The Hall–Kier alpha value is -3.13. The highest BCUT2D eigenvalue weighted by Gasteiger charge is 2.17. The van der Waals surface area contributed by atoms with Crippen LogP contribution in [0.1, 0.15) is 16.7 Å². The van der Waals surface area contributed by atoms with Crippen molar-refractivity contribution in [2.45, 2.75) is 13.8 Å². The van der Waals surface area contributed by atoms with Crippen LogP contribution in [-0.2, 0) is 4.79 Å². The number of carbonyl (C=O) groups excluding carboxylic acids is 1. The number of nitro groups is 1. The van der Waals surface area contributed by atoms with Crippen LogP contribution >= 0.6 is 11.6 Å². The number of carbonyl (C=O) groups is 1. The normalized spacial score (nSPS) is 10.7. The average Bonchev–Trinajstić information content (AvgIpc) is 2.56. The van der Waals surface area contributed by atoms with Gasteiger partial charge in [0.2, 0.25) is 5.75 Å². The third-order valence-corrected chi connectivity index (χ3v) is 3.58. The molecule has 2 N–H and O–H groups in total. The quantitative estimate of drug-likeness (QED) is 0.456. The van der Waals surface area contributed by atoms with Crippen LogP contribution in [0.3, 0.4) is 0 Å². The van der Waals surface area contributed by atoms with Crippen molar-refractivity contribution < 1.29 is 19.6 Å². The number of rotatable bonds is 6. The van der Waals surface area contributed by atoms with E-state index in [-0.39, 0.29) is 17.2 Å². The molecule has 2 aromatic rings. The zero-order valence-electron chi connectivity index (χ0n) is 14.0. The number of aryl methyl sites for hydroxylation is 2. The summed E-state index contributed by atoms with van der Waals surface area (Å²) in [6.07, 6.45) is 1.06. The van der Waals surface area contributed by atoms with Crippen LogP contribution < -0.4 is 10.2 Å². The summed E-state index contributed by atoms with van der Waals surface area (Å²) in [6, 6.07) is 7.87. The van der Waals surface area contributed by atoms with Crippen LogP contribution in [0.5, 0.6) is 11.5 Å². The molecule has 2 rings (SSSR count). The molecule has 0 aromatic heterocycles. The lowest BCUT2D eigenvalue weighted by Gasteiger charge is -2.08. The van der Waals surface area contributed by atoms with Crippen LogP contribution in [0.2, 0.25) is 5.02 Å². The molecule has 0 unspecified atom stereocenters. The molecule has 0 spiro atoms. The number of nitro benzene ring substituents is 1. The number of amides is 1. The maximum atomic E-state index is 11.8. The Balaban J connectivity index is 1.98. The second-order valence-electron chi connectivity index (χ2n) is 5.47. The monoisotopic (exact) mass is 377 g/mol. The minimum atomic E-state index is -0.769. The molecule has 1 amide bonds. The Bertz CT molecular complexity index is 883. The van der Waals surface area contributed by atoms with Crippen LogP contribution in [0.4, 0.5) is 5.69 Å². The maximum Gasteiger partial charge on any atom is 0.312 e. The first-order valence-electron chi connectivity index (χ1n) is 7.47. The van der Waals surface area contributed by atoms with Gasteiger partial charge in [-0.05, 0) is 31.5 Å². The lowest BCUT2D eigenvalue weighted by atomic mass is 10.1. The van der Waals surface area contributed by atoms with E-state index in [0.717, 1.165) is 23.4 Å². The minimum absolute atomic E-state index is 0.000188. The number of nitrogens with one attached hydrogen (secondary N) is 1. The Morgan fingerprint density at radius 2 is 2.12 bits per heavy atom. The molecule has 9 heteroatoms. The molecule has 0 saturated heterocycles. The Morgan fingerprint density at radius 1 is 1.38 bits per heavy atom. The number of nitrogens with zero attached hydrogens (tertiary/aromatic N) is 2. The van der Waals surface area contributed by atoms with Crippen molar-refractivity contribution in [1.82, 2.24) is 5.43 Å². The van der Waals surface area contributed by atoms with E-state index in [1.54, 1.807) is 6.07 Å². The van der Waals surface area contributed by atoms with Gasteiger partial charge in [-0.2, -0.15) is 5.10 Å². The summed E-state index contributed by atoms with van der Waals surface area (Å²) < 4.78 is 5.40. The number of ether oxygens (including phenoxy) is 1. The maximum absolute atomic E-state index is 11.8. The SMILES string of the molecule is Cc1ccc(OCC(=O)N/N=C\c2cc(Cl)cc([N+](=O)[O-])c2O)c(C)c1. The first-order valence-corrected chi connectivity index (χ1v) is 7.84. The molecule has 0 aliphatic rings. The van der Waals surface area contributed by atoms with Crippen LogP contribution in [0.15, 0.2) is 35.4 Å². The molecule has 2 aromatic carbocycles.